The van der Waals surface area contributed by atoms with E-state index < -0.39 is 0 Å². The largest absolute Gasteiger partial charge is 0.354 e. The summed E-state index contributed by atoms with van der Waals surface area (Å²) >= 11 is 1.79. The molecular weight excluding hydrogens is 362 g/mol. The van der Waals surface area contributed by atoms with Crippen molar-refractivity contribution < 1.29 is 4.92 Å². The highest BCUT2D eigenvalue weighted by molar-refractivity contribution is 7.10. The fraction of sp³-hybridized carbons (Fsp3) is 0.421. The number of nitro groups is 1. The van der Waals surface area contributed by atoms with Gasteiger partial charge in [0, 0.05) is 37.1 Å². The summed E-state index contributed by atoms with van der Waals surface area (Å²) in [6.45, 7) is 3.51. The van der Waals surface area contributed by atoms with Crippen molar-refractivity contribution in [1.82, 2.24) is 15.5 Å². The van der Waals surface area contributed by atoms with Gasteiger partial charge in [0.15, 0.2) is 5.96 Å². The van der Waals surface area contributed by atoms with Crippen molar-refractivity contribution in [3.8, 4) is 0 Å². The third-order valence-corrected chi connectivity index (χ3v) is 5.69. The maximum atomic E-state index is 10.9. The number of nitrogens with one attached hydrogen (secondary N) is 2. The van der Waals surface area contributed by atoms with Crippen LogP contribution in [0.4, 0.5) is 5.69 Å². The quantitative estimate of drug-likeness (QED) is 0.330. The van der Waals surface area contributed by atoms with E-state index in [2.05, 4.69) is 38.0 Å². The summed E-state index contributed by atoms with van der Waals surface area (Å²) in [5.41, 5.74) is 0.950. The fourth-order valence-corrected chi connectivity index (χ4v) is 4.18. The van der Waals surface area contributed by atoms with Crippen molar-refractivity contribution in [3.05, 3.63) is 62.3 Å². The molecule has 7 nitrogen and oxygen atoms in total. The molecule has 144 valence electrons. The second-order valence-electron chi connectivity index (χ2n) is 6.51. The van der Waals surface area contributed by atoms with Crippen LogP contribution in [0, 0.1) is 10.1 Å². The van der Waals surface area contributed by atoms with Crippen LogP contribution in [0.2, 0.25) is 0 Å². The summed E-state index contributed by atoms with van der Waals surface area (Å²) in [5, 5.41) is 19.7. The molecule has 2 heterocycles. The number of guanidine groups is 1. The zero-order valence-electron chi connectivity index (χ0n) is 15.4. The Morgan fingerprint density at radius 2 is 2.11 bits per heavy atom. The summed E-state index contributed by atoms with van der Waals surface area (Å²) in [4.78, 5) is 18.7. The number of non-ortho nitro benzene ring substituents is 1. The molecule has 0 aliphatic carbocycles. The van der Waals surface area contributed by atoms with Gasteiger partial charge in [-0.3, -0.25) is 20.0 Å². The van der Waals surface area contributed by atoms with E-state index in [-0.39, 0.29) is 10.6 Å². The molecule has 0 radical (unpaired) electrons. The van der Waals surface area contributed by atoms with E-state index in [0.29, 0.717) is 18.5 Å². The van der Waals surface area contributed by atoms with Crippen LogP contribution in [-0.2, 0) is 6.54 Å². The van der Waals surface area contributed by atoms with Crippen LogP contribution in [0.1, 0.15) is 29.3 Å². The number of benzene rings is 1. The lowest BCUT2D eigenvalue weighted by Crippen LogP contribution is -2.42. The topological polar surface area (TPSA) is 82.8 Å². The minimum absolute atomic E-state index is 0.101. The van der Waals surface area contributed by atoms with Gasteiger partial charge in [-0.2, -0.15) is 0 Å². The van der Waals surface area contributed by atoms with E-state index in [1.165, 1.54) is 23.8 Å². The van der Waals surface area contributed by atoms with E-state index in [4.69, 9.17) is 0 Å². The van der Waals surface area contributed by atoms with Gasteiger partial charge in [-0.25, -0.2) is 0 Å². The molecule has 0 bridgehead atoms. The third kappa shape index (κ3) is 5.27. The average Bonchev–Trinajstić information content (AvgIpc) is 3.39. The highest BCUT2D eigenvalue weighted by Gasteiger charge is 2.24. The SMILES string of the molecule is CN=C(NCc1cccc([N+](=O)[O-])c1)NCC(c1cccs1)N1CCCC1. The van der Waals surface area contributed by atoms with E-state index in [1.54, 1.807) is 30.5 Å². The van der Waals surface area contributed by atoms with Crippen LogP contribution in [-0.4, -0.2) is 42.5 Å². The Morgan fingerprint density at radius 1 is 1.30 bits per heavy atom. The number of nitrogens with zero attached hydrogens (tertiary/aromatic N) is 3. The Bertz CT molecular complexity index is 772. The molecule has 1 saturated heterocycles. The molecule has 0 amide bonds. The fourth-order valence-electron chi connectivity index (χ4n) is 3.32. The van der Waals surface area contributed by atoms with Crippen LogP contribution in [0.15, 0.2) is 46.8 Å². The van der Waals surface area contributed by atoms with Gasteiger partial charge in [0.25, 0.3) is 5.69 Å². The second kappa shape index (κ2) is 9.48. The van der Waals surface area contributed by atoms with Gasteiger partial charge in [-0.1, -0.05) is 18.2 Å². The van der Waals surface area contributed by atoms with Crippen molar-refractivity contribution >= 4 is 23.0 Å². The summed E-state index contributed by atoms with van der Waals surface area (Å²) in [6, 6.07) is 11.3. The van der Waals surface area contributed by atoms with Crippen LogP contribution in [0.5, 0.6) is 0 Å². The molecule has 1 atom stereocenters. The molecule has 1 aliphatic rings. The third-order valence-electron chi connectivity index (χ3n) is 4.72. The first-order valence-electron chi connectivity index (χ1n) is 9.12. The lowest BCUT2D eigenvalue weighted by atomic mass is 10.2. The molecular formula is C19H25N5O2S. The molecule has 1 aliphatic heterocycles. The number of rotatable bonds is 7. The number of nitro benzene ring substituents is 1. The molecule has 1 fully saturated rings. The highest BCUT2D eigenvalue weighted by atomic mass is 32.1. The Balaban J connectivity index is 1.57. The summed E-state index contributed by atoms with van der Waals surface area (Å²) in [6.07, 6.45) is 2.50. The van der Waals surface area contributed by atoms with Gasteiger partial charge in [0.05, 0.1) is 11.0 Å². The van der Waals surface area contributed by atoms with E-state index in [0.717, 1.165) is 25.2 Å². The first-order chi connectivity index (χ1) is 13.2. The predicted octanol–water partition coefficient (Wildman–Crippen LogP) is 3.16. The molecule has 3 rings (SSSR count). The van der Waals surface area contributed by atoms with E-state index >= 15 is 0 Å². The number of thiophene rings is 1. The minimum atomic E-state index is -0.377. The van der Waals surface area contributed by atoms with Gasteiger partial charge in [-0.05, 0) is 42.9 Å². The lowest BCUT2D eigenvalue weighted by molar-refractivity contribution is -0.384. The van der Waals surface area contributed by atoms with Crippen molar-refractivity contribution in [3.63, 3.8) is 0 Å². The van der Waals surface area contributed by atoms with Crippen molar-refractivity contribution in [2.45, 2.75) is 25.4 Å². The monoisotopic (exact) mass is 387 g/mol. The molecule has 0 spiro atoms. The van der Waals surface area contributed by atoms with E-state index in [9.17, 15) is 10.1 Å². The number of likely N-dealkylation sites (tertiary alicyclic amines) is 1. The maximum absolute atomic E-state index is 10.9. The molecule has 1 unspecified atom stereocenters. The Kier molecular flexibility index (Phi) is 6.78. The molecule has 0 saturated carbocycles. The zero-order chi connectivity index (χ0) is 19.1. The molecule has 8 heteroatoms. The molecule has 1 aromatic heterocycles. The normalized spacial score (nSPS) is 16.3. The highest BCUT2D eigenvalue weighted by Crippen LogP contribution is 2.27. The van der Waals surface area contributed by atoms with Gasteiger partial charge in [0.1, 0.15) is 0 Å². The van der Waals surface area contributed by atoms with Gasteiger partial charge in [0.2, 0.25) is 0 Å². The number of hydrogen-bond acceptors (Lipinski definition) is 5. The van der Waals surface area contributed by atoms with Gasteiger partial charge >= 0.3 is 0 Å². The smallest absolute Gasteiger partial charge is 0.269 e. The Morgan fingerprint density at radius 3 is 2.78 bits per heavy atom. The van der Waals surface area contributed by atoms with Gasteiger partial charge < -0.3 is 10.6 Å². The van der Waals surface area contributed by atoms with Gasteiger partial charge in [-0.15, -0.1) is 11.3 Å². The van der Waals surface area contributed by atoms with Crippen LogP contribution >= 0.6 is 11.3 Å². The molecule has 27 heavy (non-hydrogen) atoms. The van der Waals surface area contributed by atoms with Crippen LogP contribution in [0.25, 0.3) is 0 Å². The lowest BCUT2D eigenvalue weighted by Gasteiger charge is -2.27. The molecule has 2 N–H and O–H groups in total. The second-order valence-corrected chi connectivity index (χ2v) is 7.49. The van der Waals surface area contributed by atoms with Crippen LogP contribution in [0.3, 0.4) is 0 Å². The Labute approximate surface area is 163 Å². The predicted molar refractivity (Wildman–Crippen MR) is 109 cm³/mol. The van der Waals surface area contributed by atoms with Crippen LogP contribution < -0.4 is 10.6 Å². The maximum Gasteiger partial charge on any atom is 0.269 e. The minimum Gasteiger partial charge on any atom is -0.354 e. The summed E-state index contributed by atoms with van der Waals surface area (Å²) in [5.74, 6) is 0.697. The number of aliphatic imine (C=N–C) groups is 1. The summed E-state index contributed by atoms with van der Waals surface area (Å²) < 4.78 is 0. The molecule has 1 aromatic carbocycles. The average molecular weight is 388 g/mol. The first kappa shape index (κ1) is 19.3. The van der Waals surface area contributed by atoms with Crippen molar-refractivity contribution in [2.75, 3.05) is 26.7 Å². The molecule has 2 aromatic rings. The van der Waals surface area contributed by atoms with Crippen molar-refractivity contribution in [1.29, 1.82) is 0 Å². The Hall–Kier alpha value is -2.45. The van der Waals surface area contributed by atoms with Crippen molar-refractivity contribution in [2.24, 2.45) is 4.99 Å². The standard InChI is InChI=1S/C19H25N5O2S/c1-20-19(21-13-15-6-4-7-16(12-15)24(25)26)22-14-17(18-8-5-11-27-18)23-9-2-3-10-23/h4-8,11-12,17H,2-3,9-10,13-14H2,1H3,(H2,20,21,22). The summed E-state index contributed by atoms with van der Waals surface area (Å²) in [7, 11) is 1.73. The number of hydrogen-bond donors (Lipinski definition) is 2. The zero-order valence-corrected chi connectivity index (χ0v) is 16.2. The first-order valence-corrected chi connectivity index (χ1v) is 10.0. The van der Waals surface area contributed by atoms with E-state index in [1.807, 2.05) is 6.07 Å².